The maximum Gasteiger partial charge on any atom is 0.405 e. The van der Waals surface area contributed by atoms with Crippen LogP contribution in [0.25, 0.3) is 0 Å². The molecule has 0 aliphatic carbocycles. The molecule has 5 heteroatoms. The molecule has 0 saturated carbocycles. The summed E-state index contributed by atoms with van der Waals surface area (Å²) in [7, 11) is 0. The van der Waals surface area contributed by atoms with E-state index in [-0.39, 0.29) is 17.7 Å². The van der Waals surface area contributed by atoms with Crippen molar-refractivity contribution in [3.05, 3.63) is 35.4 Å². The third kappa shape index (κ3) is 4.71. The van der Waals surface area contributed by atoms with Gasteiger partial charge in [0.05, 0.1) is 0 Å². The summed E-state index contributed by atoms with van der Waals surface area (Å²) in [5.41, 5.74) is 1.21. The molecule has 1 aromatic rings. The highest BCUT2D eigenvalue weighted by atomic mass is 16.4. The van der Waals surface area contributed by atoms with E-state index in [0.29, 0.717) is 13.0 Å². The molecule has 0 unspecified atom stereocenters. The average Bonchev–Trinajstić information content (AvgIpc) is 2.45. The molecule has 0 atom stereocenters. The Morgan fingerprint density at radius 1 is 1.09 bits per heavy atom. The second kappa shape index (κ2) is 7.99. The van der Waals surface area contributed by atoms with Gasteiger partial charge in [-0.25, -0.2) is 4.79 Å². The predicted octanol–water partition coefficient (Wildman–Crippen LogP) is 2.97. The Balaban J connectivity index is 2.77. The summed E-state index contributed by atoms with van der Waals surface area (Å²) in [5.74, 6) is -0.576. The highest BCUT2D eigenvalue weighted by Crippen LogP contribution is 2.26. The number of amides is 2. The van der Waals surface area contributed by atoms with Gasteiger partial charge < -0.3 is 15.7 Å². The van der Waals surface area contributed by atoms with E-state index in [1.807, 2.05) is 58.9 Å². The lowest BCUT2D eigenvalue weighted by atomic mass is 9.76. The van der Waals surface area contributed by atoms with Crippen LogP contribution in [0.4, 0.5) is 4.79 Å². The van der Waals surface area contributed by atoms with Gasteiger partial charge in [-0.3, -0.25) is 4.79 Å². The molecule has 0 aromatic heterocycles. The summed E-state index contributed by atoms with van der Waals surface area (Å²) in [6.45, 7) is 9.93. The third-order valence-corrected chi connectivity index (χ3v) is 4.33. The topological polar surface area (TPSA) is 78.4 Å². The van der Waals surface area contributed by atoms with E-state index in [4.69, 9.17) is 5.11 Å². The molecule has 23 heavy (non-hydrogen) atoms. The van der Waals surface area contributed by atoms with Crippen molar-refractivity contribution >= 4 is 12.0 Å². The fourth-order valence-electron chi connectivity index (χ4n) is 2.93. The molecule has 0 aliphatic rings. The molecule has 2 amide bonds. The number of rotatable bonds is 7. The molecule has 0 saturated heterocycles. The summed E-state index contributed by atoms with van der Waals surface area (Å²) in [5, 5.41) is 14.5. The maximum absolute atomic E-state index is 12.7. The number of carbonyl (C=O) groups excluding carboxylic acids is 1. The molecule has 128 valence electrons. The van der Waals surface area contributed by atoms with Gasteiger partial charge in [0.15, 0.2) is 0 Å². The van der Waals surface area contributed by atoms with Crippen LogP contribution in [-0.2, 0) is 11.2 Å². The van der Waals surface area contributed by atoms with Gasteiger partial charge >= 0.3 is 6.09 Å². The van der Waals surface area contributed by atoms with Crippen LogP contribution in [0.3, 0.4) is 0 Å². The minimum atomic E-state index is -1.18. The Hall–Kier alpha value is -2.04. The summed E-state index contributed by atoms with van der Waals surface area (Å²) in [6.07, 6.45) is -0.466. The van der Waals surface area contributed by atoms with E-state index in [1.165, 1.54) is 5.56 Å². The van der Waals surface area contributed by atoms with Crippen molar-refractivity contribution in [3.63, 3.8) is 0 Å². The first-order chi connectivity index (χ1) is 10.7. The van der Waals surface area contributed by atoms with Crippen molar-refractivity contribution in [3.8, 4) is 0 Å². The van der Waals surface area contributed by atoms with Crippen molar-refractivity contribution in [1.29, 1.82) is 0 Å². The van der Waals surface area contributed by atoms with Gasteiger partial charge in [-0.1, -0.05) is 57.5 Å². The summed E-state index contributed by atoms with van der Waals surface area (Å²) < 4.78 is 0. The molecule has 0 radical (unpaired) electrons. The van der Waals surface area contributed by atoms with Gasteiger partial charge in [0, 0.05) is 6.54 Å². The summed E-state index contributed by atoms with van der Waals surface area (Å²) in [4.78, 5) is 23.9. The zero-order chi connectivity index (χ0) is 17.6. The smallest absolute Gasteiger partial charge is 0.405 e. The molecule has 5 nitrogen and oxygen atoms in total. The maximum atomic E-state index is 12.7. The Bertz CT molecular complexity index is 528. The number of hydrogen-bond donors (Lipinski definition) is 3. The Morgan fingerprint density at radius 2 is 1.61 bits per heavy atom. The van der Waals surface area contributed by atoms with Gasteiger partial charge in [-0.05, 0) is 30.7 Å². The first-order valence-corrected chi connectivity index (χ1v) is 8.05. The van der Waals surface area contributed by atoms with E-state index in [2.05, 4.69) is 10.6 Å². The molecular weight excluding hydrogens is 292 g/mol. The average molecular weight is 320 g/mol. The highest BCUT2D eigenvalue weighted by Gasteiger charge is 2.45. The first-order valence-electron chi connectivity index (χ1n) is 8.05. The van der Waals surface area contributed by atoms with Crippen LogP contribution in [0.15, 0.2) is 24.3 Å². The highest BCUT2D eigenvalue weighted by molar-refractivity contribution is 5.90. The largest absolute Gasteiger partial charge is 0.465 e. The van der Waals surface area contributed by atoms with E-state index < -0.39 is 11.6 Å². The van der Waals surface area contributed by atoms with Gasteiger partial charge in [-0.15, -0.1) is 0 Å². The van der Waals surface area contributed by atoms with Gasteiger partial charge in [0.1, 0.15) is 5.54 Å². The van der Waals surface area contributed by atoms with E-state index in [1.54, 1.807) is 0 Å². The van der Waals surface area contributed by atoms with Crippen LogP contribution in [-0.4, -0.2) is 29.2 Å². The molecule has 0 bridgehead atoms. The van der Waals surface area contributed by atoms with E-state index >= 15 is 0 Å². The zero-order valence-corrected chi connectivity index (χ0v) is 14.6. The number of aryl methyl sites for hydroxylation is 1. The normalized spacial score (nSPS) is 11.6. The van der Waals surface area contributed by atoms with E-state index in [9.17, 15) is 9.59 Å². The van der Waals surface area contributed by atoms with Crippen molar-refractivity contribution < 1.29 is 14.7 Å². The minimum Gasteiger partial charge on any atom is -0.465 e. The lowest BCUT2D eigenvalue weighted by Gasteiger charge is -2.39. The molecule has 0 aliphatic heterocycles. The number of hydrogen-bond acceptors (Lipinski definition) is 2. The Labute approximate surface area is 138 Å². The van der Waals surface area contributed by atoms with Crippen LogP contribution in [0, 0.1) is 18.8 Å². The van der Waals surface area contributed by atoms with Crippen molar-refractivity contribution in [2.45, 2.75) is 46.6 Å². The van der Waals surface area contributed by atoms with Crippen molar-refractivity contribution in [1.82, 2.24) is 10.6 Å². The molecule has 1 rings (SSSR count). The standard InChI is InChI=1S/C18H28N2O3/c1-12(2)18(13(3)4,20-17(22)23)16(21)19-11-10-15-8-6-14(5)7-9-15/h6-9,12-13,20H,10-11H2,1-5H3,(H,19,21)(H,22,23). The first kappa shape index (κ1) is 19.0. The van der Waals surface area contributed by atoms with E-state index in [0.717, 1.165) is 5.56 Å². The molecule has 1 aromatic carbocycles. The van der Waals surface area contributed by atoms with Gasteiger partial charge in [0.2, 0.25) is 5.91 Å². The number of nitrogens with one attached hydrogen (secondary N) is 2. The third-order valence-electron chi connectivity index (χ3n) is 4.33. The van der Waals surface area contributed by atoms with Crippen molar-refractivity contribution in [2.75, 3.05) is 6.54 Å². The Kier molecular flexibility index (Phi) is 6.61. The lowest BCUT2D eigenvalue weighted by molar-refractivity contribution is -0.131. The van der Waals surface area contributed by atoms with Crippen LogP contribution < -0.4 is 10.6 Å². The van der Waals surface area contributed by atoms with Crippen LogP contribution in [0.1, 0.15) is 38.8 Å². The molecule has 0 spiro atoms. The predicted molar refractivity (Wildman–Crippen MR) is 91.5 cm³/mol. The molecular formula is C18H28N2O3. The molecule has 3 N–H and O–H groups in total. The van der Waals surface area contributed by atoms with Gasteiger partial charge in [-0.2, -0.15) is 0 Å². The van der Waals surface area contributed by atoms with Crippen LogP contribution >= 0.6 is 0 Å². The minimum absolute atomic E-state index is 0.155. The van der Waals surface area contributed by atoms with Gasteiger partial charge in [0.25, 0.3) is 0 Å². The lowest BCUT2D eigenvalue weighted by Crippen LogP contribution is -2.65. The number of carbonyl (C=O) groups is 2. The Morgan fingerprint density at radius 3 is 2.04 bits per heavy atom. The monoisotopic (exact) mass is 320 g/mol. The second-order valence-corrected chi connectivity index (χ2v) is 6.60. The van der Waals surface area contributed by atoms with Crippen LogP contribution in [0.2, 0.25) is 0 Å². The number of benzene rings is 1. The second-order valence-electron chi connectivity index (χ2n) is 6.60. The number of carboxylic acid groups (broad SMARTS) is 1. The molecule has 0 heterocycles. The fraction of sp³-hybridized carbons (Fsp3) is 0.556. The van der Waals surface area contributed by atoms with Crippen LogP contribution in [0.5, 0.6) is 0 Å². The summed E-state index contributed by atoms with van der Waals surface area (Å²) in [6, 6.07) is 8.15. The quantitative estimate of drug-likeness (QED) is 0.722. The SMILES string of the molecule is Cc1ccc(CCNC(=O)C(NC(=O)O)(C(C)C)C(C)C)cc1. The fourth-order valence-corrected chi connectivity index (χ4v) is 2.93. The zero-order valence-electron chi connectivity index (χ0n) is 14.6. The van der Waals surface area contributed by atoms with Crippen molar-refractivity contribution in [2.24, 2.45) is 11.8 Å². The summed E-state index contributed by atoms with van der Waals surface area (Å²) >= 11 is 0. The molecule has 0 fully saturated rings.